The smallest absolute Gasteiger partial charge is 0.456 e. The highest BCUT2D eigenvalue weighted by Crippen LogP contribution is 2.53. The van der Waals surface area contributed by atoms with Crippen LogP contribution in [0.1, 0.15) is 104 Å². The summed E-state index contributed by atoms with van der Waals surface area (Å²) in [6.07, 6.45) is -4.89. The fourth-order valence-corrected chi connectivity index (χ4v) is 8.32. The molecule has 1 aliphatic rings. The van der Waals surface area contributed by atoms with Crippen LogP contribution in [0.5, 0.6) is 0 Å². The molecule has 1 fully saturated rings. The van der Waals surface area contributed by atoms with Crippen LogP contribution in [0.25, 0.3) is 0 Å². The number of rotatable bonds is 28. The summed E-state index contributed by atoms with van der Waals surface area (Å²) in [6, 6.07) is 0. The predicted octanol–water partition coefficient (Wildman–Crippen LogP) is 2.63. The summed E-state index contributed by atoms with van der Waals surface area (Å²) >= 11 is 0. The largest absolute Gasteiger partial charge is 0.472 e. The Kier molecular flexibility index (Phi) is 28.0. The van der Waals surface area contributed by atoms with E-state index in [1.165, 1.54) is 38.5 Å². The lowest BCUT2D eigenvalue weighted by Gasteiger charge is -2.45. The molecule has 0 heterocycles. The zero-order valence-corrected chi connectivity index (χ0v) is 38.1. The van der Waals surface area contributed by atoms with Crippen LogP contribution in [0.4, 0.5) is 0 Å². The number of hydrogen-bond acceptors (Lipinski definition) is 15. The lowest BCUT2D eigenvalue weighted by atomic mass is 9.85. The van der Waals surface area contributed by atoms with Crippen LogP contribution >= 0.6 is 31.3 Å². The number of unbranched alkanes of at least 4 members (excludes halogenated alkanes) is 12. The third-order valence-electron chi connectivity index (χ3n) is 8.36. The molecule has 1 aliphatic carbocycles. The highest BCUT2D eigenvalue weighted by Gasteiger charge is 2.59. The van der Waals surface area contributed by atoms with Crippen LogP contribution in [0.15, 0.2) is 0 Å². The van der Waals surface area contributed by atoms with Crippen molar-refractivity contribution in [1.82, 2.24) is 0 Å². The van der Waals surface area contributed by atoms with E-state index in [1.807, 2.05) is 5.92 Å². The molecule has 0 aromatic carbocycles. The highest BCUT2D eigenvalue weighted by atomic mass is 31.2. The summed E-state index contributed by atoms with van der Waals surface area (Å²) in [6.45, 7) is 1.80. The third-order valence-corrected chi connectivity index (χ3v) is 10.9. The van der Waals surface area contributed by atoms with Crippen molar-refractivity contribution in [3.05, 3.63) is 0 Å². The quantitative estimate of drug-likeness (QED) is 0.0179. The molecule has 354 valence electrons. The van der Waals surface area contributed by atoms with Gasteiger partial charge in [-0.2, -0.15) is 0 Å². The topological polar surface area (TPSA) is 349 Å². The van der Waals surface area contributed by atoms with Gasteiger partial charge in [-0.1, -0.05) is 89.9 Å². The molecular weight excluding hydrogens is 920 g/mol. The first kappa shape index (κ1) is 58.1. The molecule has 9 N–H and O–H groups in total. The van der Waals surface area contributed by atoms with Gasteiger partial charge >= 0.3 is 43.2 Å². The normalized spacial score (nSPS) is 21.1. The zero-order chi connectivity index (χ0) is 47.5. The summed E-state index contributed by atoms with van der Waals surface area (Å²) in [7, 11) is -23.1. The van der Waals surface area contributed by atoms with E-state index >= 15 is 0 Å². The van der Waals surface area contributed by atoms with E-state index in [9.17, 15) is 72.3 Å². The molecule has 0 aromatic heterocycles. The first-order valence-electron chi connectivity index (χ1n) is 19.5. The molecule has 0 aliphatic heterocycles. The lowest BCUT2D eigenvalue weighted by Crippen LogP contribution is -2.65. The van der Waals surface area contributed by atoms with E-state index in [0.29, 0.717) is 12.8 Å². The van der Waals surface area contributed by atoms with E-state index in [1.54, 1.807) is 6.92 Å². The first-order chi connectivity index (χ1) is 29.5. The maximum absolute atomic E-state index is 13.1. The number of esters is 2. The number of phosphoric ester groups is 4. The molecule has 4 unspecified atom stereocenters. The minimum absolute atomic E-state index is 0.123. The summed E-state index contributed by atoms with van der Waals surface area (Å²) in [5.74, 6) is 21.2. The SMILES string of the molecule is CC#CC#CC#CC#CC#CC(=O)OC[C@H](COP(=O)(O)OC1C(O)[C@@H](OP(=O)(O)O)C(OP(=O)(O)O)[C@@H](OP(=O)(O)O)[C@H]1O)OC(=O)CCCCCCCCCCCCCCC. The van der Waals surface area contributed by atoms with Crippen LogP contribution < -0.4 is 0 Å². The van der Waals surface area contributed by atoms with Crippen LogP contribution in [0.3, 0.4) is 0 Å². The van der Waals surface area contributed by atoms with Gasteiger partial charge in [0.05, 0.1) is 6.61 Å². The van der Waals surface area contributed by atoms with Gasteiger partial charge in [-0.25, -0.2) is 23.1 Å². The average Bonchev–Trinajstić information content (AvgIpc) is 3.17. The Balaban J connectivity index is 3.10. The van der Waals surface area contributed by atoms with Gasteiger partial charge in [0.1, 0.15) is 43.2 Å². The van der Waals surface area contributed by atoms with Gasteiger partial charge in [0, 0.05) is 12.3 Å². The van der Waals surface area contributed by atoms with Gasteiger partial charge in [-0.15, -0.1) is 0 Å². The Morgan fingerprint density at radius 2 is 0.952 bits per heavy atom. The van der Waals surface area contributed by atoms with Crippen molar-refractivity contribution in [3.8, 4) is 59.2 Å². The molecule has 1 saturated carbocycles. The van der Waals surface area contributed by atoms with E-state index in [4.69, 9.17) is 18.5 Å². The summed E-state index contributed by atoms with van der Waals surface area (Å²) in [4.78, 5) is 91.8. The number of carbonyl (C=O) groups excluding carboxylic acids is 2. The molecule has 8 atom stereocenters. The molecule has 0 bridgehead atoms. The van der Waals surface area contributed by atoms with Crippen molar-refractivity contribution >= 4 is 43.2 Å². The van der Waals surface area contributed by atoms with E-state index < -0.39 is 99.2 Å². The molecule has 22 nitrogen and oxygen atoms in total. The Bertz CT molecular complexity index is 1930. The van der Waals surface area contributed by atoms with Crippen LogP contribution in [0, 0.1) is 59.2 Å². The molecule has 1 rings (SSSR count). The molecule has 0 aromatic rings. The van der Waals surface area contributed by atoms with Crippen molar-refractivity contribution in [3.63, 3.8) is 0 Å². The van der Waals surface area contributed by atoms with Crippen molar-refractivity contribution < 1.29 is 104 Å². The van der Waals surface area contributed by atoms with E-state index in [0.717, 1.165) is 32.1 Å². The second-order valence-electron chi connectivity index (χ2n) is 13.6. The molecular formula is C37H54O22P4. The first-order valence-corrected chi connectivity index (χ1v) is 25.6. The summed E-state index contributed by atoms with van der Waals surface area (Å²) < 4.78 is 81.0. The fourth-order valence-electron chi connectivity index (χ4n) is 5.66. The average molecular weight is 975 g/mol. The molecule has 0 spiro atoms. The number of phosphoric acid groups is 4. The molecule has 26 heteroatoms. The second-order valence-corrected chi connectivity index (χ2v) is 18.6. The summed E-state index contributed by atoms with van der Waals surface area (Å²) in [5, 5.41) is 21.7. The highest BCUT2D eigenvalue weighted by molar-refractivity contribution is 7.47. The van der Waals surface area contributed by atoms with Crippen molar-refractivity contribution in [2.45, 2.75) is 146 Å². The van der Waals surface area contributed by atoms with Gasteiger partial charge in [0.2, 0.25) is 0 Å². The standard InChI is InChI=1S/C37H54O22P4/c1-3-5-7-9-11-13-14-15-16-18-20-22-24-26-31(39)55-29(27-53-30(38)25-23-21-19-17-12-10-8-6-4-2)28-54-63(51,52)59-34-32(40)35(56-60(42,43)44)37(58-62(48,49)50)36(33(34)41)57-61(45,46)47/h29,32-37,40-41H,3,5,7,9,11,13-16,18,20,22,24,26-28H2,1-2H3,(H,51,52)(H2,42,43,44)(H2,45,46,47)(H2,48,49,50)/t29-,32+,33?,34?,35+,36-,37?/m1/s1. The van der Waals surface area contributed by atoms with E-state index in [-0.39, 0.29) is 6.42 Å². The van der Waals surface area contributed by atoms with Gasteiger partial charge in [-0.3, -0.25) is 27.4 Å². The molecule has 0 radical (unpaired) electrons. The van der Waals surface area contributed by atoms with Crippen molar-refractivity contribution in [1.29, 1.82) is 0 Å². The Hall–Kier alpha value is -2.90. The Morgan fingerprint density at radius 1 is 0.540 bits per heavy atom. The number of aliphatic hydroxyl groups excluding tert-OH is 2. The van der Waals surface area contributed by atoms with Gasteiger partial charge in [0.15, 0.2) is 6.10 Å². The van der Waals surface area contributed by atoms with Crippen LogP contribution in [-0.2, 0) is 59.9 Å². The van der Waals surface area contributed by atoms with Crippen LogP contribution in [-0.4, -0.2) is 112 Å². The van der Waals surface area contributed by atoms with E-state index in [2.05, 4.69) is 73.8 Å². The predicted molar refractivity (Wildman–Crippen MR) is 219 cm³/mol. The minimum atomic E-state index is -5.81. The monoisotopic (exact) mass is 974 g/mol. The Morgan fingerprint density at radius 3 is 1.40 bits per heavy atom. The van der Waals surface area contributed by atoms with Gasteiger partial charge in [-0.05, 0) is 60.7 Å². The van der Waals surface area contributed by atoms with Crippen molar-refractivity contribution in [2.75, 3.05) is 13.2 Å². The lowest BCUT2D eigenvalue weighted by molar-refractivity contribution is -0.209. The minimum Gasteiger partial charge on any atom is -0.456 e. The van der Waals surface area contributed by atoms with Gasteiger partial charge in [0.25, 0.3) is 0 Å². The Labute approximate surface area is 365 Å². The zero-order valence-electron chi connectivity index (χ0n) is 34.5. The maximum atomic E-state index is 13.1. The number of carbonyl (C=O) groups is 2. The molecule has 0 saturated heterocycles. The maximum Gasteiger partial charge on any atom is 0.472 e. The molecule has 0 amide bonds. The number of aliphatic hydroxyl groups is 2. The summed E-state index contributed by atoms with van der Waals surface area (Å²) in [5.41, 5.74) is 0. The number of ether oxygens (including phenoxy) is 2. The third kappa shape index (κ3) is 28.6. The second kappa shape index (κ2) is 30.3. The van der Waals surface area contributed by atoms with Crippen molar-refractivity contribution in [2.24, 2.45) is 0 Å². The van der Waals surface area contributed by atoms with Gasteiger partial charge < -0.3 is 53.9 Å². The number of hydrogen-bond donors (Lipinski definition) is 9. The fraction of sp³-hybridized carbons (Fsp3) is 0.676. The molecule has 63 heavy (non-hydrogen) atoms. The van der Waals surface area contributed by atoms with Crippen LogP contribution in [0.2, 0.25) is 0 Å².